The van der Waals surface area contributed by atoms with E-state index >= 15 is 0 Å². The van der Waals surface area contributed by atoms with Crippen molar-refractivity contribution in [3.8, 4) is 5.75 Å². The maximum atomic E-state index is 10.5. The number of thioether (sulfide) groups is 1. The number of benzene rings is 1. The number of phenols is 1. The maximum absolute atomic E-state index is 10.5. The third kappa shape index (κ3) is 3.30. The molecule has 0 heterocycles. The van der Waals surface area contributed by atoms with Crippen molar-refractivity contribution in [1.82, 2.24) is 0 Å². The van der Waals surface area contributed by atoms with E-state index in [9.17, 15) is 4.79 Å². The molecule has 0 spiro atoms. The topological polar surface area (TPSA) is 57.5 Å². The van der Waals surface area contributed by atoms with Crippen molar-refractivity contribution in [3.63, 3.8) is 0 Å². The van der Waals surface area contributed by atoms with Crippen LogP contribution in [0.1, 0.15) is 24.2 Å². The van der Waals surface area contributed by atoms with Gasteiger partial charge in [-0.05, 0) is 24.5 Å². The fraction of sp³-hybridized carbons (Fsp3) is 0.300. The normalized spacial score (nSPS) is 8.79. The van der Waals surface area contributed by atoms with E-state index < -0.39 is 5.97 Å². The average molecular weight is 214 g/mol. The second kappa shape index (κ2) is 6.32. The van der Waals surface area contributed by atoms with Crippen LogP contribution in [0.4, 0.5) is 0 Å². The second-order valence-corrected chi connectivity index (χ2v) is 3.07. The van der Waals surface area contributed by atoms with Gasteiger partial charge < -0.3 is 10.2 Å². The second-order valence-electron chi connectivity index (χ2n) is 2.19. The molecule has 0 atom stereocenters. The lowest BCUT2D eigenvalue weighted by Gasteiger charge is -2.00. The molecule has 3 nitrogen and oxygen atoms in total. The number of aromatic hydroxyl groups is 1. The molecule has 0 aliphatic carbocycles. The minimum absolute atomic E-state index is 0.0538. The van der Waals surface area contributed by atoms with Crippen molar-refractivity contribution in [2.45, 2.75) is 18.7 Å². The Morgan fingerprint density at radius 1 is 1.36 bits per heavy atom. The van der Waals surface area contributed by atoms with Gasteiger partial charge >= 0.3 is 5.97 Å². The molecule has 4 heteroatoms. The van der Waals surface area contributed by atoms with Crippen LogP contribution in [0, 0.1) is 0 Å². The monoisotopic (exact) mass is 214 g/mol. The van der Waals surface area contributed by atoms with E-state index in [0.717, 1.165) is 4.90 Å². The fourth-order valence-electron chi connectivity index (χ4n) is 0.813. The predicted molar refractivity (Wildman–Crippen MR) is 58.2 cm³/mol. The molecule has 0 aliphatic heterocycles. The number of hydrogen-bond acceptors (Lipinski definition) is 3. The molecule has 0 fully saturated rings. The third-order valence-corrected chi connectivity index (χ3v) is 2.16. The van der Waals surface area contributed by atoms with Crippen LogP contribution >= 0.6 is 11.8 Å². The zero-order valence-electron chi connectivity index (χ0n) is 8.44. The molecule has 0 amide bonds. The molecular weight excluding hydrogens is 200 g/mol. The summed E-state index contributed by atoms with van der Waals surface area (Å²) in [6, 6.07) is 4.50. The number of carboxylic acid groups (broad SMARTS) is 1. The van der Waals surface area contributed by atoms with Crippen molar-refractivity contribution in [1.29, 1.82) is 0 Å². The molecule has 0 aromatic heterocycles. The SMILES string of the molecule is CC.CSc1ccc(O)c(C(=O)O)c1. The van der Waals surface area contributed by atoms with Gasteiger partial charge in [0.25, 0.3) is 0 Å². The summed E-state index contributed by atoms with van der Waals surface area (Å²) in [6.45, 7) is 4.00. The van der Waals surface area contributed by atoms with Crippen LogP contribution in [0.3, 0.4) is 0 Å². The summed E-state index contributed by atoms with van der Waals surface area (Å²) in [5.41, 5.74) is -0.0538. The van der Waals surface area contributed by atoms with Crippen molar-refractivity contribution in [2.24, 2.45) is 0 Å². The smallest absolute Gasteiger partial charge is 0.339 e. The van der Waals surface area contributed by atoms with Crippen LogP contribution < -0.4 is 0 Å². The van der Waals surface area contributed by atoms with E-state index in [0.29, 0.717) is 0 Å². The molecule has 0 aliphatic rings. The lowest BCUT2D eigenvalue weighted by molar-refractivity contribution is 0.0693. The molecule has 1 aromatic carbocycles. The highest BCUT2D eigenvalue weighted by atomic mass is 32.2. The van der Waals surface area contributed by atoms with Crippen molar-refractivity contribution in [3.05, 3.63) is 23.8 Å². The molecule has 0 radical (unpaired) electrons. The highest BCUT2D eigenvalue weighted by Gasteiger charge is 2.09. The van der Waals surface area contributed by atoms with Gasteiger partial charge in [-0.25, -0.2) is 4.79 Å². The van der Waals surface area contributed by atoms with Crippen LogP contribution in [0.25, 0.3) is 0 Å². The van der Waals surface area contributed by atoms with Gasteiger partial charge in [0.2, 0.25) is 0 Å². The zero-order valence-corrected chi connectivity index (χ0v) is 9.26. The van der Waals surface area contributed by atoms with Crippen LogP contribution in [0.2, 0.25) is 0 Å². The summed E-state index contributed by atoms with van der Waals surface area (Å²) >= 11 is 1.43. The molecule has 0 unspecified atom stereocenters. The van der Waals surface area contributed by atoms with Gasteiger partial charge in [0.05, 0.1) is 0 Å². The first-order valence-electron chi connectivity index (χ1n) is 4.25. The minimum atomic E-state index is -1.11. The Balaban J connectivity index is 0.000000791. The fourth-order valence-corrected chi connectivity index (χ4v) is 1.25. The Morgan fingerprint density at radius 3 is 2.36 bits per heavy atom. The number of hydrogen-bond donors (Lipinski definition) is 2. The number of rotatable bonds is 2. The highest BCUT2D eigenvalue weighted by Crippen LogP contribution is 2.23. The number of aromatic carboxylic acids is 1. The Morgan fingerprint density at radius 2 is 1.93 bits per heavy atom. The van der Waals surface area contributed by atoms with E-state index in [2.05, 4.69) is 0 Å². The predicted octanol–water partition coefficient (Wildman–Crippen LogP) is 2.84. The standard InChI is InChI=1S/C8H8O3S.C2H6/c1-12-5-2-3-7(9)6(4-5)8(10)11;1-2/h2-4,9H,1H3,(H,10,11);1-2H3. The Bertz CT molecular complexity index is 310. The molecule has 1 rings (SSSR count). The molecule has 0 saturated carbocycles. The quantitative estimate of drug-likeness (QED) is 0.743. The van der Waals surface area contributed by atoms with E-state index in [1.807, 2.05) is 20.1 Å². The summed E-state index contributed by atoms with van der Waals surface area (Å²) in [5, 5.41) is 17.7. The Kier molecular flexibility index (Phi) is 5.79. The maximum Gasteiger partial charge on any atom is 0.339 e. The van der Waals surface area contributed by atoms with Crippen LogP contribution in [-0.2, 0) is 0 Å². The van der Waals surface area contributed by atoms with Gasteiger partial charge in [-0.3, -0.25) is 0 Å². The molecule has 14 heavy (non-hydrogen) atoms. The van der Waals surface area contributed by atoms with Crippen molar-refractivity contribution < 1.29 is 15.0 Å². The summed E-state index contributed by atoms with van der Waals surface area (Å²) in [4.78, 5) is 11.3. The van der Waals surface area contributed by atoms with E-state index in [1.54, 1.807) is 6.07 Å². The molecule has 78 valence electrons. The van der Waals surface area contributed by atoms with Crippen molar-refractivity contribution >= 4 is 17.7 Å². The first kappa shape index (κ1) is 12.8. The lowest BCUT2D eigenvalue weighted by atomic mass is 10.2. The molecular formula is C10H14O3S. The first-order valence-corrected chi connectivity index (χ1v) is 5.48. The third-order valence-electron chi connectivity index (χ3n) is 1.43. The summed E-state index contributed by atoms with van der Waals surface area (Å²) in [6.07, 6.45) is 1.85. The van der Waals surface area contributed by atoms with Gasteiger partial charge in [-0.15, -0.1) is 11.8 Å². The van der Waals surface area contributed by atoms with Gasteiger partial charge in [-0.2, -0.15) is 0 Å². The summed E-state index contributed by atoms with van der Waals surface area (Å²) in [5.74, 6) is -1.30. The van der Waals surface area contributed by atoms with Gasteiger partial charge in [0.1, 0.15) is 11.3 Å². The van der Waals surface area contributed by atoms with Crippen molar-refractivity contribution in [2.75, 3.05) is 6.26 Å². The van der Waals surface area contributed by atoms with Crippen LogP contribution in [0.5, 0.6) is 5.75 Å². The lowest BCUT2D eigenvalue weighted by Crippen LogP contribution is -1.96. The van der Waals surface area contributed by atoms with E-state index in [-0.39, 0.29) is 11.3 Å². The number of carboxylic acids is 1. The Labute approximate surface area is 87.8 Å². The first-order chi connectivity index (χ1) is 6.65. The van der Waals surface area contributed by atoms with E-state index in [1.165, 1.54) is 23.9 Å². The summed E-state index contributed by atoms with van der Waals surface area (Å²) < 4.78 is 0. The largest absolute Gasteiger partial charge is 0.507 e. The van der Waals surface area contributed by atoms with Crippen LogP contribution in [-0.4, -0.2) is 22.4 Å². The summed E-state index contributed by atoms with van der Waals surface area (Å²) in [7, 11) is 0. The number of carbonyl (C=O) groups is 1. The highest BCUT2D eigenvalue weighted by molar-refractivity contribution is 7.98. The van der Waals surface area contributed by atoms with Gasteiger partial charge in [0.15, 0.2) is 0 Å². The van der Waals surface area contributed by atoms with E-state index in [4.69, 9.17) is 10.2 Å². The average Bonchev–Trinajstić information content (AvgIpc) is 2.21. The zero-order chi connectivity index (χ0) is 11.1. The van der Waals surface area contributed by atoms with Gasteiger partial charge in [0, 0.05) is 4.90 Å². The molecule has 0 saturated heterocycles. The van der Waals surface area contributed by atoms with Crippen LogP contribution in [0.15, 0.2) is 23.1 Å². The Hall–Kier alpha value is -1.16. The molecule has 2 N–H and O–H groups in total. The molecule has 0 bridgehead atoms. The van der Waals surface area contributed by atoms with Gasteiger partial charge in [-0.1, -0.05) is 13.8 Å². The molecule has 1 aromatic rings. The minimum Gasteiger partial charge on any atom is -0.507 e.